The number of rotatable bonds is 10. The van der Waals surface area contributed by atoms with Gasteiger partial charge in [-0.3, -0.25) is 4.79 Å². The van der Waals surface area contributed by atoms with Gasteiger partial charge >= 0.3 is 0 Å². The van der Waals surface area contributed by atoms with E-state index >= 15 is 0 Å². The molecule has 0 aliphatic heterocycles. The molecule has 0 aliphatic carbocycles. The van der Waals surface area contributed by atoms with Crippen molar-refractivity contribution in [1.82, 2.24) is 14.8 Å². The summed E-state index contributed by atoms with van der Waals surface area (Å²) < 4.78 is 1.78. The van der Waals surface area contributed by atoms with Crippen molar-refractivity contribution in [2.45, 2.75) is 58.9 Å². The fraction of sp³-hybridized carbons (Fsp3) is 0.786. The molecule has 108 valence electrons. The average molecular weight is 266 g/mol. The van der Waals surface area contributed by atoms with Crippen molar-refractivity contribution in [3.8, 4) is 0 Å². The summed E-state index contributed by atoms with van der Waals surface area (Å²) in [5.41, 5.74) is 5.61. The van der Waals surface area contributed by atoms with Gasteiger partial charge in [-0.1, -0.05) is 19.8 Å². The number of nitrogens with zero attached hydrogens (tertiary/aromatic N) is 3. The molecule has 19 heavy (non-hydrogen) atoms. The van der Waals surface area contributed by atoms with E-state index in [4.69, 9.17) is 5.73 Å². The first-order valence-corrected chi connectivity index (χ1v) is 7.29. The van der Waals surface area contributed by atoms with Gasteiger partial charge < -0.3 is 5.73 Å². The zero-order valence-electron chi connectivity index (χ0n) is 12.1. The topological polar surface area (TPSA) is 73.8 Å². The Bertz CT molecular complexity index is 369. The predicted octanol–water partition coefficient (Wildman–Crippen LogP) is 1.95. The predicted molar refractivity (Wildman–Crippen MR) is 75.7 cm³/mol. The molecule has 0 spiro atoms. The Kier molecular flexibility index (Phi) is 7.33. The number of hydrogen-bond acceptors (Lipinski definition) is 4. The lowest BCUT2D eigenvalue weighted by molar-refractivity contribution is -0.118. The van der Waals surface area contributed by atoms with E-state index in [1.807, 2.05) is 6.92 Å². The normalized spacial score (nSPS) is 12.6. The molecular weight excluding hydrogens is 240 g/mol. The van der Waals surface area contributed by atoms with Gasteiger partial charge in [-0.25, -0.2) is 9.67 Å². The molecule has 2 N–H and O–H groups in total. The van der Waals surface area contributed by atoms with Gasteiger partial charge in [0.2, 0.25) is 0 Å². The van der Waals surface area contributed by atoms with Crippen LogP contribution in [0.1, 0.15) is 51.8 Å². The first-order chi connectivity index (χ1) is 9.21. The third-order valence-electron chi connectivity index (χ3n) is 3.45. The molecule has 1 heterocycles. The Labute approximate surface area is 115 Å². The molecule has 0 radical (unpaired) electrons. The molecular formula is C14H26N4O. The van der Waals surface area contributed by atoms with Crippen LogP contribution in [0.4, 0.5) is 0 Å². The van der Waals surface area contributed by atoms with Gasteiger partial charge in [0.15, 0.2) is 0 Å². The minimum absolute atomic E-state index is 0.251. The third kappa shape index (κ3) is 5.51. The third-order valence-corrected chi connectivity index (χ3v) is 3.45. The molecule has 1 rings (SSSR count). The maximum absolute atomic E-state index is 12.0. The van der Waals surface area contributed by atoms with Gasteiger partial charge in [0.25, 0.3) is 0 Å². The SMILES string of the molecule is CCCC(CCN)CCC(=O)Cc1ncnn1CC. The summed E-state index contributed by atoms with van der Waals surface area (Å²) in [4.78, 5) is 16.1. The van der Waals surface area contributed by atoms with E-state index in [1.165, 1.54) is 6.33 Å². The molecule has 0 fully saturated rings. The molecule has 0 amide bonds. The number of Topliss-reactive ketones (excluding diaryl/α,β-unsaturated/α-hetero) is 1. The molecule has 0 aromatic carbocycles. The lowest BCUT2D eigenvalue weighted by Gasteiger charge is -2.14. The van der Waals surface area contributed by atoms with E-state index in [2.05, 4.69) is 17.0 Å². The molecule has 1 unspecified atom stereocenters. The lowest BCUT2D eigenvalue weighted by Crippen LogP contribution is -2.14. The number of aryl methyl sites for hydroxylation is 1. The number of carbonyl (C=O) groups excluding carboxylic acids is 1. The average Bonchev–Trinajstić information content (AvgIpc) is 2.83. The lowest BCUT2D eigenvalue weighted by atomic mass is 9.93. The Morgan fingerprint density at radius 3 is 2.79 bits per heavy atom. The summed E-state index contributed by atoms with van der Waals surface area (Å²) in [6, 6.07) is 0. The summed E-state index contributed by atoms with van der Waals surface area (Å²) >= 11 is 0. The van der Waals surface area contributed by atoms with Crippen LogP contribution in [0.25, 0.3) is 0 Å². The van der Waals surface area contributed by atoms with Crippen LogP contribution in [0.2, 0.25) is 0 Å². The van der Waals surface area contributed by atoms with Crippen molar-refractivity contribution in [3.63, 3.8) is 0 Å². The monoisotopic (exact) mass is 266 g/mol. The number of hydrogen-bond donors (Lipinski definition) is 1. The van der Waals surface area contributed by atoms with Gasteiger partial charge in [0.05, 0.1) is 6.42 Å². The van der Waals surface area contributed by atoms with Crippen LogP contribution in [0.15, 0.2) is 6.33 Å². The van der Waals surface area contributed by atoms with Crippen molar-refractivity contribution in [3.05, 3.63) is 12.2 Å². The quantitative estimate of drug-likeness (QED) is 0.702. The van der Waals surface area contributed by atoms with E-state index in [0.29, 0.717) is 25.3 Å². The Morgan fingerprint density at radius 1 is 1.37 bits per heavy atom. The molecule has 0 saturated heterocycles. The second-order valence-corrected chi connectivity index (χ2v) is 4.98. The molecule has 0 aliphatic rings. The Balaban J connectivity index is 2.38. The van der Waals surface area contributed by atoms with Crippen LogP contribution in [-0.4, -0.2) is 27.1 Å². The first kappa shape index (κ1) is 15.8. The summed E-state index contributed by atoms with van der Waals surface area (Å²) in [6.45, 7) is 5.65. The second kappa shape index (κ2) is 8.80. The molecule has 1 aromatic heterocycles. The van der Waals surface area contributed by atoms with Crippen molar-refractivity contribution in [1.29, 1.82) is 0 Å². The summed E-state index contributed by atoms with van der Waals surface area (Å²) in [5, 5.41) is 4.08. The second-order valence-electron chi connectivity index (χ2n) is 4.98. The summed E-state index contributed by atoms with van der Waals surface area (Å²) in [5.74, 6) is 1.61. The molecule has 1 atom stereocenters. The zero-order valence-corrected chi connectivity index (χ0v) is 12.1. The Morgan fingerprint density at radius 2 is 2.16 bits per heavy atom. The minimum atomic E-state index is 0.251. The molecule has 5 heteroatoms. The minimum Gasteiger partial charge on any atom is -0.330 e. The van der Waals surface area contributed by atoms with Gasteiger partial charge in [-0.05, 0) is 32.2 Å². The van der Waals surface area contributed by atoms with Gasteiger partial charge in [0, 0.05) is 13.0 Å². The maximum atomic E-state index is 12.0. The summed E-state index contributed by atoms with van der Waals surface area (Å²) in [7, 11) is 0. The van der Waals surface area contributed by atoms with E-state index in [0.717, 1.165) is 38.1 Å². The Hall–Kier alpha value is -1.23. The van der Waals surface area contributed by atoms with Crippen LogP contribution < -0.4 is 5.73 Å². The van der Waals surface area contributed by atoms with E-state index < -0.39 is 0 Å². The largest absolute Gasteiger partial charge is 0.330 e. The maximum Gasteiger partial charge on any atom is 0.140 e. The van der Waals surface area contributed by atoms with Crippen molar-refractivity contribution < 1.29 is 4.79 Å². The van der Waals surface area contributed by atoms with Gasteiger partial charge in [-0.15, -0.1) is 0 Å². The van der Waals surface area contributed by atoms with E-state index in [9.17, 15) is 4.79 Å². The highest BCUT2D eigenvalue weighted by Crippen LogP contribution is 2.17. The number of carbonyl (C=O) groups is 1. The molecule has 1 aromatic rings. The first-order valence-electron chi connectivity index (χ1n) is 7.29. The fourth-order valence-electron chi connectivity index (χ4n) is 2.40. The van der Waals surface area contributed by atoms with Crippen molar-refractivity contribution >= 4 is 5.78 Å². The van der Waals surface area contributed by atoms with Crippen LogP contribution in [-0.2, 0) is 17.8 Å². The van der Waals surface area contributed by atoms with E-state index in [1.54, 1.807) is 4.68 Å². The van der Waals surface area contributed by atoms with Gasteiger partial charge in [0.1, 0.15) is 17.9 Å². The molecule has 0 bridgehead atoms. The highest BCUT2D eigenvalue weighted by molar-refractivity contribution is 5.80. The van der Waals surface area contributed by atoms with Crippen LogP contribution >= 0.6 is 0 Å². The highest BCUT2D eigenvalue weighted by atomic mass is 16.1. The van der Waals surface area contributed by atoms with E-state index in [-0.39, 0.29) is 5.78 Å². The fourth-order valence-corrected chi connectivity index (χ4v) is 2.40. The molecule has 0 saturated carbocycles. The smallest absolute Gasteiger partial charge is 0.140 e. The number of ketones is 1. The van der Waals surface area contributed by atoms with Crippen molar-refractivity contribution in [2.24, 2.45) is 11.7 Å². The standard InChI is InChI=1S/C14H26N4O/c1-3-5-12(8-9-15)6-7-13(19)10-14-16-11-17-18(14)4-2/h11-12H,3-10,15H2,1-2H3. The zero-order chi connectivity index (χ0) is 14.1. The highest BCUT2D eigenvalue weighted by Gasteiger charge is 2.13. The molecule has 5 nitrogen and oxygen atoms in total. The summed E-state index contributed by atoms with van der Waals surface area (Å²) in [6.07, 6.45) is 6.83. The number of aromatic nitrogens is 3. The van der Waals surface area contributed by atoms with Crippen molar-refractivity contribution in [2.75, 3.05) is 6.54 Å². The van der Waals surface area contributed by atoms with Gasteiger partial charge in [-0.2, -0.15) is 5.10 Å². The number of nitrogens with two attached hydrogens (primary N) is 1. The van der Waals surface area contributed by atoms with Crippen LogP contribution in [0, 0.1) is 5.92 Å². The van der Waals surface area contributed by atoms with Crippen LogP contribution in [0.3, 0.4) is 0 Å². The van der Waals surface area contributed by atoms with Crippen LogP contribution in [0.5, 0.6) is 0 Å².